The average molecular weight is 209 g/mol. The van der Waals surface area contributed by atoms with Crippen molar-refractivity contribution in [3.05, 3.63) is 47.5 Å². The second-order valence-corrected chi connectivity index (χ2v) is 4.35. The molecule has 0 saturated heterocycles. The van der Waals surface area contributed by atoms with E-state index in [0.717, 1.165) is 21.9 Å². The number of hydrogen-bond acceptors (Lipinski definition) is 2. The predicted molar refractivity (Wildman–Crippen MR) is 61.9 cm³/mol. The highest BCUT2D eigenvalue weighted by molar-refractivity contribution is 5.93. The summed E-state index contributed by atoms with van der Waals surface area (Å²) in [5.74, 6) is -0.168. The highest BCUT2D eigenvalue weighted by atomic mass is 16.3. The molecule has 2 nitrogen and oxygen atoms in total. The summed E-state index contributed by atoms with van der Waals surface area (Å²) in [7, 11) is 0. The van der Waals surface area contributed by atoms with E-state index in [4.69, 9.17) is 0 Å². The monoisotopic (exact) mass is 209 g/mol. The zero-order chi connectivity index (χ0) is 11.3. The van der Waals surface area contributed by atoms with Crippen LogP contribution in [0.1, 0.15) is 24.0 Å². The van der Waals surface area contributed by atoms with Gasteiger partial charge in [0.15, 0.2) is 5.60 Å². The fraction of sp³-hybridized carbons (Fsp3) is 0.214. The van der Waals surface area contributed by atoms with Crippen molar-refractivity contribution < 1.29 is 5.11 Å². The van der Waals surface area contributed by atoms with E-state index in [1.807, 2.05) is 43.3 Å². The number of rotatable bonds is 0. The van der Waals surface area contributed by atoms with Crippen LogP contribution < -0.4 is 0 Å². The Bertz CT molecular complexity index is 621. The molecule has 2 heteroatoms. The van der Waals surface area contributed by atoms with Crippen LogP contribution in [0.4, 0.5) is 0 Å². The van der Waals surface area contributed by atoms with Crippen LogP contribution in [-0.4, -0.2) is 5.11 Å². The lowest BCUT2D eigenvalue weighted by atomic mass is 9.88. The van der Waals surface area contributed by atoms with Gasteiger partial charge in [-0.15, -0.1) is 0 Å². The van der Waals surface area contributed by atoms with Crippen molar-refractivity contribution in [3.8, 4) is 6.07 Å². The first-order chi connectivity index (χ1) is 7.68. The Balaban J connectivity index is 2.51. The molecule has 0 bridgehead atoms. The van der Waals surface area contributed by atoms with E-state index in [0.29, 0.717) is 0 Å². The Kier molecular flexibility index (Phi) is 1.66. The summed E-state index contributed by atoms with van der Waals surface area (Å²) in [5.41, 5.74) is 0.441. The van der Waals surface area contributed by atoms with Gasteiger partial charge in [-0.25, -0.2) is 0 Å². The van der Waals surface area contributed by atoms with Crippen LogP contribution in [-0.2, 0) is 5.60 Å². The van der Waals surface area contributed by atoms with E-state index in [2.05, 4.69) is 6.07 Å². The van der Waals surface area contributed by atoms with Crippen LogP contribution in [0.3, 0.4) is 0 Å². The molecule has 2 aromatic rings. The topological polar surface area (TPSA) is 44.0 Å². The van der Waals surface area contributed by atoms with Gasteiger partial charge in [0.05, 0.1) is 0 Å². The lowest BCUT2D eigenvalue weighted by Gasteiger charge is -2.20. The minimum atomic E-state index is -1.37. The molecule has 2 unspecified atom stereocenters. The summed E-state index contributed by atoms with van der Waals surface area (Å²) < 4.78 is 0. The second kappa shape index (κ2) is 2.84. The molecule has 1 aliphatic rings. The number of nitriles is 1. The molecule has 0 aliphatic heterocycles. The molecule has 78 valence electrons. The number of aliphatic hydroxyl groups is 1. The Hall–Kier alpha value is -1.85. The van der Waals surface area contributed by atoms with Crippen LogP contribution in [0.25, 0.3) is 10.8 Å². The van der Waals surface area contributed by atoms with Crippen molar-refractivity contribution in [2.75, 3.05) is 0 Å². The molecule has 3 rings (SSSR count). The molecule has 2 aromatic carbocycles. The molecule has 0 radical (unpaired) electrons. The highest BCUT2D eigenvalue weighted by Crippen LogP contribution is 2.48. The summed E-state index contributed by atoms with van der Waals surface area (Å²) in [6.45, 7) is 1.90. The van der Waals surface area contributed by atoms with Gasteiger partial charge in [0, 0.05) is 11.5 Å². The van der Waals surface area contributed by atoms with Crippen molar-refractivity contribution in [1.29, 1.82) is 5.26 Å². The Labute approximate surface area is 93.8 Å². The maximum atomic E-state index is 10.4. The minimum Gasteiger partial charge on any atom is -0.371 e. The molecule has 2 atom stereocenters. The summed E-state index contributed by atoms with van der Waals surface area (Å²) in [6.07, 6.45) is 0. The quantitative estimate of drug-likeness (QED) is 0.678. The Morgan fingerprint density at radius 2 is 1.94 bits per heavy atom. The molecular formula is C14H11NO. The SMILES string of the molecule is CC1c2cccc3cccc(c23)C1(O)C#N. The first kappa shape index (κ1) is 9.38. The summed E-state index contributed by atoms with van der Waals surface area (Å²) >= 11 is 0. The van der Waals surface area contributed by atoms with E-state index in [9.17, 15) is 10.4 Å². The lowest BCUT2D eigenvalue weighted by Crippen LogP contribution is -2.25. The molecule has 0 heterocycles. The minimum absolute atomic E-state index is 0.168. The van der Waals surface area contributed by atoms with Gasteiger partial charge >= 0.3 is 0 Å². The van der Waals surface area contributed by atoms with Gasteiger partial charge in [-0.2, -0.15) is 5.26 Å². The van der Waals surface area contributed by atoms with Gasteiger partial charge in [0.2, 0.25) is 0 Å². The molecule has 0 spiro atoms. The Morgan fingerprint density at radius 1 is 1.25 bits per heavy atom. The second-order valence-electron chi connectivity index (χ2n) is 4.35. The fourth-order valence-corrected chi connectivity index (χ4v) is 2.66. The fourth-order valence-electron chi connectivity index (χ4n) is 2.66. The third-order valence-electron chi connectivity index (χ3n) is 3.61. The van der Waals surface area contributed by atoms with Crippen LogP contribution in [0.2, 0.25) is 0 Å². The van der Waals surface area contributed by atoms with E-state index in [1.54, 1.807) is 0 Å². The summed E-state index contributed by atoms with van der Waals surface area (Å²) in [6, 6.07) is 13.8. The molecule has 0 fully saturated rings. The van der Waals surface area contributed by atoms with Crippen LogP contribution in [0, 0.1) is 11.3 Å². The van der Waals surface area contributed by atoms with Crippen LogP contribution in [0.5, 0.6) is 0 Å². The molecule has 0 saturated carbocycles. The lowest BCUT2D eigenvalue weighted by molar-refractivity contribution is 0.0800. The molecule has 0 aromatic heterocycles. The van der Waals surface area contributed by atoms with Crippen molar-refractivity contribution >= 4 is 10.8 Å². The largest absolute Gasteiger partial charge is 0.371 e. The van der Waals surface area contributed by atoms with Crippen molar-refractivity contribution in [3.63, 3.8) is 0 Å². The molecular weight excluding hydrogens is 198 g/mol. The number of hydrogen-bond donors (Lipinski definition) is 1. The number of benzene rings is 2. The van der Waals surface area contributed by atoms with E-state index in [-0.39, 0.29) is 5.92 Å². The van der Waals surface area contributed by atoms with E-state index in [1.165, 1.54) is 0 Å². The maximum absolute atomic E-state index is 10.4. The predicted octanol–water partition coefficient (Wildman–Crippen LogP) is 2.67. The first-order valence-electron chi connectivity index (χ1n) is 5.34. The van der Waals surface area contributed by atoms with E-state index >= 15 is 0 Å². The zero-order valence-corrected chi connectivity index (χ0v) is 8.94. The third kappa shape index (κ3) is 0.892. The van der Waals surface area contributed by atoms with Crippen LogP contribution in [0.15, 0.2) is 36.4 Å². The van der Waals surface area contributed by atoms with Gasteiger partial charge < -0.3 is 5.11 Å². The van der Waals surface area contributed by atoms with Crippen molar-refractivity contribution in [2.24, 2.45) is 0 Å². The molecule has 16 heavy (non-hydrogen) atoms. The van der Waals surface area contributed by atoms with Gasteiger partial charge in [-0.3, -0.25) is 0 Å². The molecule has 1 aliphatic carbocycles. The Morgan fingerprint density at radius 3 is 2.62 bits per heavy atom. The first-order valence-corrected chi connectivity index (χ1v) is 5.34. The van der Waals surface area contributed by atoms with Gasteiger partial charge in [0.25, 0.3) is 0 Å². The van der Waals surface area contributed by atoms with Gasteiger partial charge in [-0.05, 0) is 16.3 Å². The maximum Gasteiger partial charge on any atom is 0.183 e. The summed E-state index contributed by atoms with van der Waals surface area (Å²) in [4.78, 5) is 0. The number of nitrogens with zero attached hydrogens (tertiary/aromatic N) is 1. The standard InChI is InChI=1S/C14H11NO/c1-9-11-6-2-4-10-5-3-7-12(13(10)11)14(9,16)8-15/h2-7,9,16H,1H3. The van der Waals surface area contributed by atoms with Crippen molar-refractivity contribution in [2.45, 2.75) is 18.4 Å². The third-order valence-corrected chi connectivity index (χ3v) is 3.61. The molecule has 0 amide bonds. The van der Waals surface area contributed by atoms with Gasteiger partial charge in [-0.1, -0.05) is 43.3 Å². The average Bonchev–Trinajstić information content (AvgIpc) is 2.55. The van der Waals surface area contributed by atoms with Gasteiger partial charge in [0.1, 0.15) is 6.07 Å². The van der Waals surface area contributed by atoms with E-state index < -0.39 is 5.60 Å². The zero-order valence-electron chi connectivity index (χ0n) is 8.94. The van der Waals surface area contributed by atoms with Crippen LogP contribution >= 0.6 is 0 Å². The normalized spacial score (nSPS) is 26.9. The smallest absolute Gasteiger partial charge is 0.183 e. The molecule has 1 N–H and O–H groups in total. The summed E-state index contributed by atoms with van der Waals surface area (Å²) in [5, 5.41) is 21.8. The van der Waals surface area contributed by atoms with Crippen molar-refractivity contribution in [1.82, 2.24) is 0 Å². The highest BCUT2D eigenvalue weighted by Gasteiger charge is 2.44.